The number of carbonyl (C=O) groups is 2. The number of benzene rings is 1. The summed E-state index contributed by atoms with van der Waals surface area (Å²) in [6, 6.07) is 3.41. The van der Waals surface area contributed by atoms with Crippen molar-refractivity contribution in [3.05, 3.63) is 34.5 Å². The number of hydrogen-bond donors (Lipinski definition) is 3. The van der Waals surface area contributed by atoms with Gasteiger partial charge in [-0.3, -0.25) is 9.89 Å². The quantitative estimate of drug-likeness (QED) is 0.377. The second-order valence-electron chi connectivity index (χ2n) is 7.40. The maximum Gasteiger partial charge on any atom is 0.340 e. The topological polar surface area (TPSA) is 122 Å². The van der Waals surface area contributed by atoms with E-state index in [1.54, 1.807) is 12.1 Å². The standard InChI is InChI=1S/C21H25ClN2O6S/c1-2-4-14(31-19-15(21(27)28)10-23-24-19)6-3-5-12(20(25)26)7-13-8-17-18(9-16(13)22)30-11-29-17/h8-10,12,14H,2-7,11H2,1H3,(H,23,24)(H,25,26)(H,27,28). The normalized spacial score (nSPS) is 14.4. The second-order valence-corrected chi connectivity index (χ2v) is 9.10. The third-order valence-electron chi connectivity index (χ3n) is 5.16. The summed E-state index contributed by atoms with van der Waals surface area (Å²) in [7, 11) is 0. The first-order chi connectivity index (χ1) is 14.9. The molecule has 1 aliphatic heterocycles. The molecule has 0 saturated heterocycles. The highest BCUT2D eigenvalue weighted by Gasteiger charge is 2.24. The fourth-order valence-corrected chi connectivity index (χ4v) is 5.11. The monoisotopic (exact) mass is 468 g/mol. The SMILES string of the molecule is CCCC(CCCC(Cc1cc2c(cc1Cl)OCO2)C(=O)O)Sc1n[nH]cc1C(=O)O. The molecule has 1 aromatic carbocycles. The van der Waals surface area contributed by atoms with E-state index in [4.69, 9.17) is 21.1 Å². The van der Waals surface area contributed by atoms with E-state index >= 15 is 0 Å². The molecule has 0 aliphatic carbocycles. The van der Waals surface area contributed by atoms with Gasteiger partial charge in [0.2, 0.25) is 6.79 Å². The highest BCUT2D eigenvalue weighted by atomic mass is 35.5. The third-order valence-corrected chi connectivity index (χ3v) is 6.85. The van der Waals surface area contributed by atoms with Gasteiger partial charge in [-0.05, 0) is 37.3 Å². The minimum absolute atomic E-state index is 0.132. The van der Waals surface area contributed by atoms with Crippen LogP contribution >= 0.6 is 23.4 Å². The van der Waals surface area contributed by atoms with Crippen molar-refractivity contribution < 1.29 is 29.3 Å². The summed E-state index contributed by atoms with van der Waals surface area (Å²) in [6.45, 7) is 2.20. The summed E-state index contributed by atoms with van der Waals surface area (Å²) >= 11 is 7.75. The van der Waals surface area contributed by atoms with Gasteiger partial charge in [0, 0.05) is 22.5 Å². The fourth-order valence-electron chi connectivity index (χ4n) is 3.55. The van der Waals surface area contributed by atoms with Gasteiger partial charge in [-0.2, -0.15) is 5.10 Å². The van der Waals surface area contributed by atoms with Crippen molar-refractivity contribution in [2.24, 2.45) is 5.92 Å². The lowest BCUT2D eigenvalue weighted by molar-refractivity contribution is -0.142. The number of nitrogens with zero attached hydrogens (tertiary/aromatic N) is 1. The van der Waals surface area contributed by atoms with Gasteiger partial charge in [-0.25, -0.2) is 4.79 Å². The molecular weight excluding hydrogens is 444 g/mol. The van der Waals surface area contributed by atoms with Crippen LogP contribution in [-0.2, 0) is 11.2 Å². The van der Waals surface area contributed by atoms with Crippen molar-refractivity contribution in [3.8, 4) is 11.5 Å². The zero-order valence-corrected chi connectivity index (χ0v) is 18.7. The summed E-state index contributed by atoms with van der Waals surface area (Å²) in [6.07, 6.45) is 5.48. The molecule has 1 aromatic heterocycles. The number of nitrogens with one attached hydrogen (secondary N) is 1. The first kappa shape index (κ1) is 23.3. The van der Waals surface area contributed by atoms with Crippen molar-refractivity contribution >= 4 is 35.3 Å². The van der Waals surface area contributed by atoms with Crippen LogP contribution in [0, 0.1) is 5.92 Å². The second kappa shape index (κ2) is 10.8. The first-order valence-electron chi connectivity index (χ1n) is 10.1. The number of carboxylic acids is 2. The smallest absolute Gasteiger partial charge is 0.340 e. The van der Waals surface area contributed by atoms with Gasteiger partial charge in [0.1, 0.15) is 10.6 Å². The van der Waals surface area contributed by atoms with Crippen molar-refractivity contribution in [2.45, 2.75) is 55.7 Å². The van der Waals surface area contributed by atoms with E-state index in [0.29, 0.717) is 40.8 Å². The molecule has 0 fully saturated rings. The number of aliphatic carboxylic acids is 1. The molecule has 0 bridgehead atoms. The molecule has 3 rings (SSSR count). The summed E-state index contributed by atoms with van der Waals surface area (Å²) < 4.78 is 10.7. The minimum atomic E-state index is -1.02. The van der Waals surface area contributed by atoms with E-state index in [2.05, 4.69) is 17.1 Å². The van der Waals surface area contributed by atoms with Crippen molar-refractivity contribution in [1.82, 2.24) is 10.2 Å². The van der Waals surface area contributed by atoms with Gasteiger partial charge in [0.05, 0.1) is 5.92 Å². The lowest BCUT2D eigenvalue weighted by Crippen LogP contribution is -2.17. The van der Waals surface area contributed by atoms with E-state index in [9.17, 15) is 19.8 Å². The van der Waals surface area contributed by atoms with E-state index in [0.717, 1.165) is 24.8 Å². The Morgan fingerprint density at radius 3 is 2.65 bits per heavy atom. The maximum atomic E-state index is 11.8. The Morgan fingerprint density at radius 2 is 1.97 bits per heavy atom. The molecule has 8 nitrogen and oxygen atoms in total. The summed E-state index contributed by atoms with van der Waals surface area (Å²) in [5.41, 5.74) is 0.882. The number of aromatic amines is 1. The third kappa shape index (κ3) is 6.07. The van der Waals surface area contributed by atoms with Crippen molar-refractivity contribution in [1.29, 1.82) is 0 Å². The van der Waals surface area contributed by atoms with E-state index < -0.39 is 17.9 Å². The predicted molar refractivity (Wildman–Crippen MR) is 116 cm³/mol. The summed E-state index contributed by atoms with van der Waals surface area (Å²) in [5.74, 6) is -1.31. The number of fused-ring (bicyclic) bond motifs is 1. The van der Waals surface area contributed by atoms with Crippen LogP contribution in [0.25, 0.3) is 0 Å². The van der Waals surface area contributed by atoms with Crippen LogP contribution in [-0.4, -0.2) is 44.4 Å². The minimum Gasteiger partial charge on any atom is -0.481 e. The Kier molecular flexibility index (Phi) is 8.09. The van der Waals surface area contributed by atoms with Gasteiger partial charge in [-0.15, -0.1) is 11.8 Å². The van der Waals surface area contributed by atoms with Gasteiger partial charge < -0.3 is 19.7 Å². The average molecular weight is 469 g/mol. The summed E-state index contributed by atoms with van der Waals surface area (Å²) in [4.78, 5) is 23.1. The number of aromatic nitrogens is 2. The zero-order chi connectivity index (χ0) is 22.4. The molecule has 31 heavy (non-hydrogen) atoms. The molecule has 2 heterocycles. The predicted octanol–water partition coefficient (Wildman–Crippen LogP) is 4.86. The number of carboxylic acid groups (broad SMARTS) is 2. The van der Waals surface area contributed by atoms with Crippen LogP contribution in [0.1, 0.15) is 54.9 Å². The molecule has 0 radical (unpaired) electrons. The van der Waals surface area contributed by atoms with Crippen molar-refractivity contribution in [2.75, 3.05) is 6.79 Å². The zero-order valence-electron chi connectivity index (χ0n) is 17.1. The van der Waals surface area contributed by atoms with E-state index in [1.165, 1.54) is 18.0 Å². The highest BCUT2D eigenvalue weighted by Crippen LogP contribution is 2.38. The number of hydrogen-bond acceptors (Lipinski definition) is 6. The molecule has 2 aromatic rings. The van der Waals surface area contributed by atoms with Crippen LogP contribution in [0.4, 0.5) is 0 Å². The van der Waals surface area contributed by atoms with Gasteiger partial charge in [0.15, 0.2) is 11.5 Å². The molecule has 168 valence electrons. The number of rotatable bonds is 12. The lowest BCUT2D eigenvalue weighted by atomic mass is 9.93. The molecular formula is C21H25ClN2O6S. The van der Waals surface area contributed by atoms with E-state index in [1.807, 2.05) is 0 Å². The highest BCUT2D eigenvalue weighted by molar-refractivity contribution is 7.99. The lowest BCUT2D eigenvalue weighted by Gasteiger charge is -2.17. The van der Waals surface area contributed by atoms with E-state index in [-0.39, 0.29) is 17.6 Å². The fraction of sp³-hybridized carbons (Fsp3) is 0.476. The molecule has 3 N–H and O–H groups in total. The average Bonchev–Trinajstić information content (AvgIpc) is 3.36. The Bertz CT molecular complexity index is 935. The number of halogens is 1. The van der Waals surface area contributed by atoms with Gasteiger partial charge in [0.25, 0.3) is 0 Å². The number of aromatic carboxylic acids is 1. The molecule has 1 aliphatic rings. The first-order valence-corrected chi connectivity index (χ1v) is 11.4. The Balaban J connectivity index is 1.59. The van der Waals surface area contributed by atoms with Gasteiger partial charge in [-0.1, -0.05) is 31.4 Å². The maximum absolute atomic E-state index is 11.8. The molecule has 2 unspecified atom stereocenters. The molecule has 2 atom stereocenters. The van der Waals surface area contributed by atoms with Crippen molar-refractivity contribution in [3.63, 3.8) is 0 Å². The Hall–Kier alpha value is -2.39. The largest absolute Gasteiger partial charge is 0.481 e. The van der Waals surface area contributed by atoms with Gasteiger partial charge >= 0.3 is 11.9 Å². The molecule has 0 amide bonds. The number of thioether (sulfide) groups is 1. The van der Waals surface area contributed by atoms with Crippen LogP contribution in [0.3, 0.4) is 0 Å². The van der Waals surface area contributed by atoms with Crippen LogP contribution in [0.5, 0.6) is 11.5 Å². The van der Waals surface area contributed by atoms with Crippen LogP contribution in [0.15, 0.2) is 23.4 Å². The van der Waals surface area contributed by atoms with Crippen LogP contribution < -0.4 is 9.47 Å². The van der Waals surface area contributed by atoms with Crippen LogP contribution in [0.2, 0.25) is 5.02 Å². The Labute approximate surface area is 189 Å². The molecule has 10 heteroatoms. The number of H-pyrrole nitrogens is 1. The summed E-state index contributed by atoms with van der Waals surface area (Å²) in [5, 5.41) is 26.7. The Morgan fingerprint density at radius 1 is 1.23 bits per heavy atom. The number of ether oxygens (including phenoxy) is 2. The molecule has 0 spiro atoms. The molecule has 0 saturated carbocycles.